The number of rotatable bonds is 1. The minimum absolute atomic E-state index is 0.0217. The fourth-order valence-corrected chi connectivity index (χ4v) is 2.92. The van der Waals surface area contributed by atoms with Crippen LogP contribution in [0.1, 0.15) is 32.6 Å². The Morgan fingerprint density at radius 2 is 2.07 bits per heavy atom. The van der Waals surface area contributed by atoms with E-state index >= 15 is 0 Å². The van der Waals surface area contributed by atoms with E-state index in [1.807, 2.05) is 0 Å². The lowest BCUT2D eigenvalue weighted by Crippen LogP contribution is -2.56. The second kappa shape index (κ2) is 2.97. The molecule has 2 aliphatic rings. The Morgan fingerprint density at radius 3 is 2.43 bits per heavy atom. The van der Waals surface area contributed by atoms with E-state index in [2.05, 4.69) is 0 Å². The largest absolute Gasteiger partial charge is 0.481 e. The Labute approximate surface area is 82.9 Å². The Hall–Kier alpha value is -1.06. The first kappa shape index (κ1) is 9.49. The van der Waals surface area contributed by atoms with Gasteiger partial charge in [0.25, 0.3) is 0 Å². The summed E-state index contributed by atoms with van der Waals surface area (Å²) in [4.78, 5) is 24.2. The van der Waals surface area contributed by atoms with Gasteiger partial charge in [0.2, 0.25) is 5.91 Å². The molecule has 4 nitrogen and oxygen atoms in total. The van der Waals surface area contributed by atoms with Crippen LogP contribution in [0.2, 0.25) is 0 Å². The summed E-state index contributed by atoms with van der Waals surface area (Å²) in [6.45, 7) is 2.15. The van der Waals surface area contributed by atoms with Gasteiger partial charge in [0.05, 0.1) is 11.5 Å². The molecule has 0 bridgehead atoms. The van der Waals surface area contributed by atoms with Gasteiger partial charge in [-0.15, -0.1) is 0 Å². The Kier molecular flexibility index (Phi) is 2.01. The average molecular weight is 197 g/mol. The van der Waals surface area contributed by atoms with Gasteiger partial charge < -0.3 is 10.0 Å². The van der Waals surface area contributed by atoms with Crippen LogP contribution in [0, 0.1) is 5.92 Å². The van der Waals surface area contributed by atoms with Crippen LogP contribution in [0.4, 0.5) is 0 Å². The van der Waals surface area contributed by atoms with Crippen molar-refractivity contribution in [1.29, 1.82) is 0 Å². The van der Waals surface area contributed by atoms with Gasteiger partial charge >= 0.3 is 5.97 Å². The lowest BCUT2D eigenvalue weighted by Gasteiger charge is -2.47. The first-order chi connectivity index (χ1) is 6.58. The molecule has 1 amide bonds. The quantitative estimate of drug-likeness (QED) is 0.678. The number of carbonyl (C=O) groups excluding carboxylic acids is 1. The summed E-state index contributed by atoms with van der Waals surface area (Å²) in [6, 6.07) is 0. The van der Waals surface area contributed by atoms with E-state index in [9.17, 15) is 9.59 Å². The van der Waals surface area contributed by atoms with Crippen LogP contribution in [0.15, 0.2) is 0 Å². The zero-order chi connectivity index (χ0) is 10.3. The number of carboxylic acids is 1. The van der Waals surface area contributed by atoms with Gasteiger partial charge in [-0.05, 0) is 25.7 Å². The fraction of sp³-hybridized carbons (Fsp3) is 0.800. The molecule has 78 valence electrons. The lowest BCUT2D eigenvalue weighted by molar-refractivity contribution is -0.150. The van der Waals surface area contributed by atoms with Crippen molar-refractivity contribution >= 4 is 11.9 Å². The summed E-state index contributed by atoms with van der Waals surface area (Å²) in [7, 11) is 0. The number of likely N-dealkylation sites (tertiary alicyclic amines) is 1. The van der Waals surface area contributed by atoms with Gasteiger partial charge in [-0.25, -0.2) is 0 Å². The highest BCUT2D eigenvalue weighted by Gasteiger charge is 2.56. The maximum atomic E-state index is 11.4. The molecule has 0 radical (unpaired) electrons. The minimum atomic E-state index is -0.742. The normalized spacial score (nSPS) is 28.9. The number of amides is 1. The second-order valence-corrected chi connectivity index (χ2v) is 4.31. The van der Waals surface area contributed by atoms with Crippen molar-refractivity contribution in [3.8, 4) is 0 Å². The van der Waals surface area contributed by atoms with Gasteiger partial charge in [0.15, 0.2) is 0 Å². The first-order valence-electron chi connectivity index (χ1n) is 5.09. The molecule has 1 heterocycles. The van der Waals surface area contributed by atoms with Crippen LogP contribution >= 0.6 is 0 Å². The number of hydrogen-bond donors (Lipinski definition) is 1. The standard InChI is InChI=1S/C10H15NO3/c1-7(12)11-6-3-8(9(13)14)10(11)4-2-5-10/h8H,2-6H2,1H3,(H,13,14). The predicted octanol–water partition coefficient (Wildman–Crippen LogP) is 0.862. The number of carbonyl (C=O) groups is 2. The molecule has 0 aromatic carbocycles. The molecule has 2 rings (SSSR count). The molecular weight excluding hydrogens is 182 g/mol. The lowest BCUT2D eigenvalue weighted by atomic mass is 9.68. The molecule has 1 saturated heterocycles. The van der Waals surface area contributed by atoms with Gasteiger partial charge in [-0.1, -0.05) is 0 Å². The highest BCUT2D eigenvalue weighted by atomic mass is 16.4. The maximum Gasteiger partial charge on any atom is 0.308 e. The van der Waals surface area contributed by atoms with Gasteiger partial charge in [-0.2, -0.15) is 0 Å². The third-order valence-electron chi connectivity index (χ3n) is 3.73. The monoisotopic (exact) mass is 197 g/mol. The summed E-state index contributed by atoms with van der Waals surface area (Å²) in [6.07, 6.45) is 3.40. The third kappa shape index (κ3) is 1.06. The van der Waals surface area contributed by atoms with E-state index in [1.165, 1.54) is 6.92 Å². The minimum Gasteiger partial charge on any atom is -0.481 e. The van der Waals surface area contributed by atoms with E-state index in [-0.39, 0.29) is 17.4 Å². The van der Waals surface area contributed by atoms with Crippen molar-refractivity contribution in [2.75, 3.05) is 6.54 Å². The molecule has 2 fully saturated rings. The molecule has 1 unspecified atom stereocenters. The van der Waals surface area contributed by atoms with Crippen molar-refractivity contribution in [3.63, 3.8) is 0 Å². The van der Waals surface area contributed by atoms with Crippen LogP contribution in [0.3, 0.4) is 0 Å². The van der Waals surface area contributed by atoms with Crippen molar-refractivity contribution in [2.45, 2.75) is 38.1 Å². The zero-order valence-electron chi connectivity index (χ0n) is 8.32. The molecule has 0 aromatic heterocycles. The smallest absolute Gasteiger partial charge is 0.308 e. The third-order valence-corrected chi connectivity index (χ3v) is 3.73. The molecule has 1 spiro atoms. The first-order valence-corrected chi connectivity index (χ1v) is 5.09. The summed E-state index contributed by atoms with van der Waals surface area (Å²) in [5.41, 5.74) is -0.322. The summed E-state index contributed by atoms with van der Waals surface area (Å²) in [5, 5.41) is 9.08. The predicted molar refractivity (Wildman–Crippen MR) is 49.7 cm³/mol. The molecule has 1 aliphatic carbocycles. The topological polar surface area (TPSA) is 57.6 Å². The van der Waals surface area contributed by atoms with Crippen LogP contribution in [0.25, 0.3) is 0 Å². The molecular formula is C10H15NO3. The Morgan fingerprint density at radius 1 is 1.43 bits per heavy atom. The van der Waals surface area contributed by atoms with Gasteiger partial charge in [0.1, 0.15) is 0 Å². The SMILES string of the molecule is CC(=O)N1CCC(C(=O)O)C12CCC2. The fourth-order valence-electron chi connectivity index (χ4n) is 2.92. The van der Waals surface area contributed by atoms with Crippen LogP contribution in [0.5, 0.6) is 0 Å². The molecule has 1 aliphatic heterocycles. The van der Waals surface area contributed by atoms with E-state index in [0.29, 0.717) is 13.0 Å². The molecule has 4 heteroatoms. The molecule has 1 atom stereocenters. The van der Waals surface area contributed by atoms with Gasteiger partial charge in [0, 0.05) is 13.5 Å². The van der Waals surface area contributed by atoms with Crippen LogP contribution in [-0.2, 0) is 9.59 Å². The van der Waals surface area contributed by atoms with Crippen LogP contribution in [-0.4, -0.2) is 34.0 Å². The molecule has 1 saturated carbocycles. The highest BCUT2D eigenvalue weighted by Crippen LogP contribution is 2.49. The van der Waals surface area contributed by atoms with Crippen molar-refractivity contribution in [2.24, 2.45) is 5.92 Å². The van der Waals surface area contributed by atoms with Crippen molar-refractivity contribution in [3.05, 3.63) is 0 Å². The summed E-state index contributed by atoms with van der Waals surface area (Å²) >= 11 is 0. The van der Waals surface area contributed by atoms with E-state index in [0.717, 1.165) is 19.3 Å². The average Bonchev–Trinajstić information content (AvgIpc) is 2.41. The number of hydrogen-bond acceptors (Lipinski definition) is 2. The summed E-state index contributed by atoms with van der Waals surface area (Å²) < 4.78 is 0. The van der Waals surface area contributed by atoms with E-state index in [1.54, 1.807) is 4.90 Å². The Bertz CT molecular complexity index is 259. The van der Waals surface area contributed by atoms with Crippen molar-refractivity contribution in [1.82, 2.24) is 4.90 Å². The van der Waals surface area contributed by atoms with Gasteiger partial charge in [-0.3, -0.25) is 9.59 Å². The summed E-state index contributed by atoms with van der Waals surface area (Å²) in [5.74, 6) is -1.05. The highest BCUT2D eigenvalue weighted by molar-refractivity contribution is 5.79. The van der Waals surface area contributed by atoms with E-state index < -0.39 is 5.97 Å². The molecule has 14 heavy (non-hydrogen) atoms. The van der Waals surface area contributed by atoms with E-state index in [4.69, 9.17) is 5.11 Å². The second-order valence-electron chi connectivity index (χ2n) is 4.31. The van der Waals surface area contributed by atoms with Crippen LogP contribution < -0.4 is 0 Å². The zero-order valence-corrected chi connectivity index (χ0v) is 8.32. The van der Waals surface area contributed by atoms with Crippen molar-refractivity contribution < 1.29 is 14.7 Å². The number of nitrogens with zero attached hydrogens (tertiary/aromatic N) is 1. The molecule has 1 N–H and O–H groups in total. The maximum absolute atomic E-state index is 11.4. The number of aliphatic carboxylic acids is 1. The Balaban J connectivity index is 2.25. The number of carboxylic acid groups (broad SMARTS) is 1. The molecule has 0 aromatic rings.